The minimum Gasteiger partial charge on any atom is -0.306 e. The summed E-state index contributed by atoms with van der Waals surface area (Å²) < 4.78 is 0. The van der Waals surface area contributed by atoms with Crippen molar-refractivity contribution in [2.24, 2.45) is 0 Å². The van der Waals surface area contributed by atoms with Gasteiger partial charge in [0.05, 0.1) is 0 Å². The van der Waals surface area contributed by atoms with E-state index in [9.17, 15) is 0 Å². The maximum atomic E-state index is 3.71. The van der Waals surface area contributed by atoms with E-state index in [4.69, 9.17) is 0 Å². The smallest absolute Gasteiger partial charge is 0.0400 e. The van der Waals surface area contributed by atoms with E-state index in [2.05, 4.69) is 108 Å². The largest absolute Gasteiger partial charge is 0.306 e. The normalized spacial score (nSPS) is 18.3. The third-order valence-electron chi connectivity index (χ3n) is 5.14. The van der Waals surface area contributed by atoms with Crippen molar-refractivity contribution in [3.05, 3.63) is 120 Å². The predicted octanol–water partition coefficient (Wildman–Crippen LogP) is 5.09. The van der Waals surface area contributed by atoms with E-state index < -0.39 is 0 Å². The molecule has 1 aliphatic carbocycles. The molecule has 0 heterocycles. The molecule has 3 aromatic carbocycles. The molecule has 4 rings (SSSR count). The monoisotopic (exact) mass is 325 g/mol. The first kappa shape index (κ1) is 15.9. The van der Waals surface area contributed by atoms with Crippen molar-refractivity contribution in [3.8, 4) is 0 Å². The van der Waals surface area contributed by atoms with Gasteiger partial charge in [-0.15, -0.1) is 0 Å². The Bertz CT molecular complexity index is 782. The quantitative estimate of drug-likeness (QED) is 0.644. The summed E-state index contributed by atoms with van der Waals surface area (Å²) in [6, 6.07) is 32.7. The molecule has 0 fully saturated rings. The van der Waals surface area contributed by atoms with Crippen LogP contribution in [0.1, 0.15) is 23.1 Å². The molecule has 1 aliphatic rings. The van der Waals surface area contributed by atoms with Crippen LogP contribution < -0.4 is 5.32 Å². The zero-order chi connectivity index (χ0) is 17.0. The highest BCUT2D eigenvalue weighted by molar-refractivity contribution is 5.47. The highest BCUT2D eigenvalue weighted by atomic mass is 14.9. The second-order valence-corrected chi connectivity index (χ2v) is 6.74. The van der Waals surface area contributed by atoms with Crippen LogP contribution >= 0.6 is 0 Å². The zero-order valence-electron chi connectivity index (χ0n) is 14.3. The fraction of sp³-hybridized carbons (Fsp3) is 0.167. The van der Waals surface area contributed by atoms with Gasteiger partial charge in [0.15, 0.2) is 0 Å². The Kier molecular flexibility index (Phi) is 4.49. The zero-order valence-corrected chi connectivity index (χ0v) is 14.3. The van der Waals surface area contributed by atoms with Gasteiger partial charge in [-0.2, -0.15) is 0 Å². The lowest BCUT2D eigenvalue weighted by molar-refractivity contribution is 0.503. The second-order valence-electron chi connectivity index (χ2n) is 6.74. The summed E-state index contributed by atoms with van der Waals surface area (Å²) in [7, 11) is 0. The van der Waals surface area contributed by atoms with Crippen LogP contribution in [0.5, 0.6) is 0 Å². The van der Waals surface area contributed by atoms with E-state index in [1.807, 2.05) is 0 Å². The molecular formula is C24H23N. The molecule has 25 heavy (non-hydrogen) atoms. The molecule has 0 saturated carbocycles. The maximum absolute atomic E-state index is 3.71. The van der Waals surface area contributed by atoms with Gasteiger partial charge in [0, 0.05) is 18.0 Å². The van der Waals surface area contributed by atoms with Gasteiger partial charge in [-0.25, -0.2) is 0 Å². The van der Waals surface area contributed by atoms with E-state index in [1.54, 1.807) is 0 Å². The molecule has 124 valence electrons. The van der Waals surface area contributed by atoms with Crippen LogP contribution in [0.4, 0.5) is 0 Å². The van der Waals surface area contributed by atoms with Gasteiger partial charge in [0.2, 0.25) is 0 Å². The standard InChI is InChI=1S/C24H23N/c1-4-10-20(11-5-1)19-25-23-16-17-24(18-23,21-12-6-2-7-13-21)22-14-8-3-9-15-22/h1-17,23,25H,18-19H2. The van der Waals surface area contributed by atoms with Gasteiger partial charge in [-0.1, -0.05) is 103 Å². The Labute approximate surface area is 150 Å². The molecule has 1 nitrogen and oxygen atoms in total. The number of benzene rings is 3. The van der Waals surface area contributed by atoms with Crippen LogP contribution in [-0.2, 0) is 12.0 Å². The topological polar surface area (TPSA) is 12.0 Å². The molecule has 0 spiro atoms. The van der Waals surface area contributed by atoms with Gasteiger partial charge >= 0.3 is 0 Å². The number of rotatable bonds is 5. The van der Waals surface area contributed by atoms with Crippen molar-refractivity contribution < 1.29 is 0 Å². The third kappa shape index (κ3) is 3.29. The van der Waals surface area contributed by atoms with Crippen LogP contribution in [0.2, 0.25) is 0 Å². The van der Waals surface area contributed by atoms with Crippen LogP contribution in [0.15, 0.2) is 103 Å². The average molecular weight is 325 g/mol. The molecule has 0 bridgehead atoms. The molecule has 0 radical (unpaired) electrons. The van der Waals surface area contributed by atoms with E-state index in [0.29, 0.717) is 6.04 Å². The van der Waals surface area contributed by atoms with Crippen molar-refractivity contribution in [1.29, 1.82) is 0 Å². The Balaban J connectivity index is 1.58. The average Bonchev–Trinajstić information content (AvgIpc) is 3.14. The summed E-state index contributed by atoms with van der Waals surface area (Å²) in [5.74, 6) is 0. The van der Waals surface area contributed by atoms with E-state index in [1.165, 1.54) is 16.7 Å². The number of hydrogen-bond donors (Lipinski definition) is 1. The third-order valence-corrected chi connectivity index (χ3v) is 5.14. The molecule has 0 aromatic heterocycles. The maximum Gasteiger partial charge on any atom is 0.0400 e. The van der Waals surface area contributed by atoms with E-state index in [0.717, 1.165) is 13.0 Å². The van der Waals surface area contributed by atoms with Gasteiger partial charge in [-0.3, -0.25) is 0 Å². The van der Waals surface area contributed by atoms with Crippen molar-refractivity contribution >= 4 is 0 Å². The van der Waals surface area contributed by atoms with Crippen LogP contribution in [0.25, 0.3) is 0 Å². The minimum atomic E-state index is -0.0448. The predicted molar refractivity (Wildman–Crippen MR) is 104 cm³/mol. The first-order chi connectivity index (χ1) is 12.4. The highest BCUT2D eigenvalue weighted by Gasteiger charge is 2.37. The lowest BCUT2D eigenvalue weighted by atomic mass is 9.74. The Morgan fingerprint density at radius 1 is 0.720 bits per heavy atom. The van der Waals surface area contributed by atoms with Crippen LogP contribution in [-0.4, -0.2) is 6.04 Å². The summed E-state index contributed by atoms with van der Waals surface area (Å²) in [5, 5.41) is 3.71. The Morgan fingerprint density at radius 2 is 1.24 bits per heavy atom. The highest BCUT2D eigenvalue weighted by Crippen LogP contribution is 2.42. The van der Waals surface area contributed by atoms with Crippen molar-refractivity contribution in [2.75, 3.05) is 0 Å². The SMILES string of the molecule is C1=CC(c2ccccc2)(c2ccccc2)CC1NCc1ccccc1. The fourth-order valence-electron chi connectivity index (χ4n) is 3.81. The summed E-state index contributed by atoms with van der Waals surface area (Å²) in [6.07, 6.45) is 5.77. The molecule has 0 amide bonds. The van der Waals surface area contributed by atoms with E-state index in [-0.39, 0.29) is 5.41 Å². The summed E-state index contributed by atoms with van der Waals surface area (Å²) in [6.45, 7) is 0.898. The van der Waals surface area contributed by atoms with Gasteiger partial charge in [0.1, 0.15) is 0 Å². The summed E-state index contributed by atoms with van der Waals surface area (Å²) >= 11 is 0. The Morgan fingerprint density at radius 3 is 1.80 bits per heavy atom. The molecular weight excluding hydrogens is 302 g/mol. The fourth-order valence-corrected chi connectivity index (χ4v) is 3.81. The molecule has 1 unspecified atom stereocenters. The molecule has 1 N–H and O–H groups in total. The van der Waals surface area contributed by atoms with Gasteiger partial charge in [0.25, 0.3) is 0 Å². The summed E-state index contributed by atoms with van der Waals surface area (Å²) in [5.41, 5.74) is 4.01. The molecule has 1 atom stereocenters. The van der Waals surface area contributed by atoms with Crippen molar-refractivity contribution in [2.45, 2.75) is 24.4 Å². The number of hydrogen-bond acceptors (Lipinski definition) is 1. The van der Waals surface area contributed by atoms with Gasteiger partial charge < -0.3 is 5.32 Å². The number of nitrogens with one attached hydrogen (secondary N) is 1. The first-order valence-electron chi connectivity index (χ1n) is 8.94. The van der Waals surface area contributed by atoms with Crippen LogP contribution in [0.3, 0.4) is 0 Å². The summed E-state index contributed by atoms with van der Waals surface area (Å²) in [4.78, 5) is 0. The number of allylic oxidation sites excluding steroid dienone is 1. The molecule has 3 aromatic rings. The van der Waals surface area contributed by atoms with Gasteiger partial charge in [-0.05, 0) is 23.1 Å². The van der Waals surface area contributed by atoms with E-state index >= 15 is 0 Å². The Hall–Kier alpha value is -2.64. The molecule has 0 saturated heterocycles. The lowest BCUT2D eigenvalue weighted by Crippen LogP contribution is -2.31. The minimum absolute atomic E-state index is 0.0448. The second kappa shape index (κ2) is 7.08. The van der Waals surface area contributed by atoms with Crippen molar-refractivity contribution in [3.63, 3.8) is 0 Å². The van der Waals surface area contributed by atoms with Crippen molar-refractivity contribution in [1.82, 2.24) is 5.32 Å². The lowest BCUT2D eigenvalue weighted by Gasteiger charge is -2.30. The molecule has 0 aliphatic heterocycles. The van der Waals surface area contributed by atoms with Crippen LogP contribution in [0, 0.1) is 0 Å². The first-order valence-corrected chi connectivity index (χ1v) is 8.94. The molecule has 1 heteroatoms.